The fourth-order valence-corrected chi connectivity index (χ4v) is 1.69. The lowest BCUT2D eigenvalue weighted by molar-refractivity contribution is -0.137. The van der Waals surface area contributed by atoms with Crippen LogP contribution in [-0.2, 0) is 6.18 Å². The Morgan fingerprint density at radius 2 is 2.10 bits per heavy atom. The summed E-state index contributed by atoms with van der Waals surface area (Å²) in [5.74, 6) is 0. The quantitative estimate of drug-likeness (QED) is 0.795. The molecule has 4 nitrogen and oxygen atoms in total. The van der Waals surface area contributed by atoms with Crippen molar-refractivity contribution in [3.05, 3.63) is 35.4 Å². The van der Waals surface area contributed by atoms with E-state index in [0.717, 1.165) is 25.0 Å². The summed E-state index contributed by atoms with van der Waals surface area (Å²) in [5.41, 5.74) is -0.706. The molecular weight excluding hydrogens is 273 g/mol. The van der Waals surface area contributed by atoms with E-state index in [1.54, 1.807) is 0 Å². The Morgan fingerprint density at radius 3 is 2.70 bits per heavy atom. The summed E-state index contributed by atoms with van der Waals surface area (Å²) in [7, 11) is 0. The smallest absolute Gasteiger partial charge is 0.387 e. The van der Waals surface area contributed by atoms with E-state index in [2.05, 4.69) is 10.6 Å². The number of rotatable bonds is 4. The molecule has 1 saturated carbocycles. The van der Waals surface area contributed by atoms with E-state index in [1.165, 1.54) is 12.1 Å². The van der Waals surface area contributed by atoms with Crippen LogP contribution in [-0.4, -0.2) is 23.7 Å². The van der Waals surface area contributed by atoms with Gasteiger partial charge in [-0.2, -0.15) is 13.2 Å². The molecule has 20 heavy (non-hydrogen) atoms. The van der Waals surface area contributed by atoms with Crippen LogP contribution in [0.4, 0.5) is 18.0 Å². The van der Waals surface area contributed by atoms with Gasteiger partial charge in [0.2, 0.25) is 0 Å². The van der Waals surface area contributed by atoms with Crippen molar-refractivity contribution in [3.63, 3.8) is 0 Å². The Balaban J connectivity index is 1.91. The zero-order valence-corrected chi connectivity index (χ0v) is 10.6. The fraction of sp³-hybridized carbons (Fsp3) is 0.462. The highest BCUT2D eigenvalue weighted by molar-refractivity contribution is 5.74. The summed E-state index contributed by atoms with van der Waals surface area (Å²) in [6.45, 7) is -0.139. The van der Waals surface area contributed by atoms with Crippen LogP contribution in [0.1, 0.15) is 30.1 Å². The summed E-state index contributed by atoms with van der Waals surface area (Å²) in [6, 6.07) is 4.19. The first kappa shape index (κ1) is 14.6. The van der Waals surface area contributed by atoms with Crippen LogP contribution in [0.15, 0.2) is 24.3 Å². The highest BCUT2D eigenvalue weighted by Gasteiger charge is 2.31. The lowest BCUT2D eigenvalue weighted by Gasteiger charge is -2.14. The third-order valence-electron chi connectivity index (χ3n) is 2.97. The number of aliphatic hydroxyl groups is 1. The first-order valence-corrected chi connectivity index (χ1v) is 6.26. The topological polar surface area (TPSA) is 61.4 Å². The van der Waals surface area contributed by atoms with Crippen molar-refractivity contribution in [3.8, 4) is 0 Å². The SMILES string of the molecule is O=C(NCC(O)c1cccc(C(F)(F)F)c1)NC1CC1. The Morgan fingerprint density at radius 1 is 1.40 bits per heavy atom. The molecule has 1 aromatic rings. The van der Waals surface area contributed by atoms with Crippen molar-refractivity contribution in [2.24, 2.45) is 0 Å². The van der Waals surface area contributed by atoms with Crippen LogP contribution in [0.25, 0.3) is 0 Å². The molecule has 0 bridgehead atoms. The van der Waals surface area contributed by atoms with Gasteiger partial charge in [-0.15, -0.1) is 0 Å². The molecule has 0 radical (unpaired) electrons. The molecule has 0 heterocycles. The van der Waals surface area contributed by atoms with Gasteiger partial charge < -0.3 is 15.7 Å². The third-order valence-corrected chi connectivity index (χ3v) is 2.97. The predicted octanol–water partition coefficient (Wildman–Crippen LogP) is 2.20. The number of urea groups is 1. The molecule has 1 unspecified atom stereocenters. The van der Waals surface area contributed by atoms with E-state index in [4.69, 9.17) is 0 Å². The summed E-state index contributed by atoms with van der Waals surface area (Å²) in [5, 5.41) is 14.9. The van der Waals surface area contributed by atoms with Crippen molar-refractivity contribution >= 4 is 6.03 Å². The van der Waals surface area contributed by atoms with Gasteiger partial charge in [0.25, 0.3) is 0 Å². The molecule has 3 N–H and O–H groups in total. The number of carbonyl (C=O) groups is 1. The molecule has 110 valence electrons. The van der Waals surface area contributed by atoms with E-state index in [1.807, 2.05) is 0 Å². The van der Waals surface area contributed by atoms with Crippen LogP contribution in [0.5, 0.6) is 0 Å². The van der Waals surface area contributed by atoms with Crippen LogP contribution in [0.2, 0.25) is 0 Å². The molecule has 2 rings (SSSR count). The average Bonchev–Trinajstić information content (AvgIpc) is 3.19. The molecule has 0 saturated heterocycles. The van der Waals surface area contributed by atoms with Gasteiger partial charge >= 0.3 is 12.2 Å². The number of carbonyl (C=O) groups excluding carboxylic acids is 1. The summed E-state index contributed by atoms with van der Waals surface area (Å²) >= 11 is 0. The number of hydrogen-bond acceptors (Lipinski definition) is 2. The highest BCUT2D eigenvalue weighted by Crippen LogP contribution is 2.30. The molecule has 0 aromatic heterocycles. The van der Waals surface area contributed by atoms with Crippen LogP contribution >= 0.6 is 0 Å². The first-order chi connectivity index (χ1) is 9.36. The summed E-state index contributed by atoms with van der Waals surface area (Å²) in [4.78, 5) is 11.3. The fourth-order valence-electron chi connectivity index (χ4n) is 1.69. The van der Waals surface area contributed by atoms with Crippen LogP contribution < -0.4 is 10.6 Å². The molecule has 1 aliphatic carbocycles. The van der Waals surface area contributed by atoms with Crippen LogP contribution in [0.3, 0.4) is 0 Å². The Hall–Kier alpha value is -1.76. The van der Waals surface area contributed by atoms with Crippen molar-refractivity contribution in [1.29, 1.82) is 0 Å². The van der Waals surface area contributed by atoms with E-state index < -0.39 is 23.9 Å². The van der Waals surface area contributed by atoms with Gasteiger partial charge in [0, 0.05) is 12.6 Å². The number of halogens is 3. The lowest BCUT2D eigenvalue weighted by atomic mass is 10.1. The van der Waals surface area contributed by atoms with Gasteiger partial charge in [-0.3, -0.25) is 0 Å². The molecule has 1 aliphatic rings. The van der Waals surface area contributed by atoms with Gasteiger partial charge in [-0.25, -0.2) is 4.79 Å². The molecule has 7 heteroatoms. The summed E-state index contributed by atoms with van der Waals surface area (Å²) in [6.07, 6.45) is -3.76. The van der Waals surface area contributed by atoms with Crippen molar-refractivity contribution in [2.75, 3.05) is 6.54 Å². The van der Waals surface area contributed by atoms with E-state index in [0.29, 0.717) is 0 Å². The zero-order valence-electron chi connectivity index (χ0n) is 10.6. The monoisotopic (exact) mass is 288 g/mol. The number of amides is 2. The number of nitrogens with one attached hydrogen (secondary N) is 2. The molecular formula is C13H15F3N2O2. The Kier molecular flexibility index (Phi) is 4.17. The second kappa shape index (κ2) is 5.70. The first-order valence-electron chi connectivity index (χ1n) is 6.26. The van der Waals surface area contributed by atoms with Gasteiger partial charge in [0.1, 0.15) is 0 Å². The summed E-state index contributed by atoms with van der Waals surface area (Å²) < 4.78 is 37.6. The number of hydrogen-bond donors (Lipinski definition) is 3. The second-order valence-corrected chi connectivity index (χ2v) is 4.77. The minimum atomic E-state index is -4.45. The predicted molar refractivity (Wildman–Crippen MR) is 66.0 cm³/mol. The minimum absolute atomic E-state index is 0.117. The Bertz CT molecular complexity index is 487. The second-order valence-electron chi connectivity index (χ2n) is 4.77. The van der Waals surface area contributed by atoms with Gasteiger partial charge in [0.05, 0.1) is 11.7 Å². The van der Waals surface area contributed by atoms with Gasteiger partial charge in [-0.05, 0) is 30.5 Å². The standard InChI is InChI=1S/C13H15F3N2O2/c14-13(15,16)9-3-1-2-8(6-9)11(19)7-17-12(20)18-10-4-5-10/h1-3,6,10-11,19H,4-5,7H2,(H2,17,18,20). The van der Waals surface area contributed by atoms with E-state index >= 15 is 0 Å². The van der Waals surface area contributed by atoms with Crippen LogP contribution in [0, 0.1) is 0 Å². The maximum absolute atomic E-state index is 12.5. The number of benzene rings is 1. The zero-order chi connectivity index (χ0) is 14.8. The van der Waals surface area contributed by atoms with Crippen molar-refractivity contribution in [1.82, 2.24) is 10.6 Å². The van der Waals surface area contributed by atoms with Gasteiger partial charge in [-0.1, -0.05) is 12.1 Å². The van der Waals surface area contributed by atoms with Crippen molar-refractivity contribution < 1.29 is 23.1 Å². The molecule has 1 fully saturated rings. The lowest BCUT2D eigenvalue weighted by Crippen LogP contribution is -2.38. The highest BCUT2D eigenvalue weighted by atomic mass is 19.4. The largest absolute Gasteiger partial charge is 0.416 e. The molecule has 1 atom stereocenters. The molecule has 2 amide bonds. The maximum Gasteiger partial charge on any atom is 0.416 e. The Labute approximate surface area is 114 Å². The minimum Gasteiger partial charge on any atom is -0.387 e. The maximum atomic E-state index is 12.5. The normalized spacial score (nSPS) is 16.6. The average molecular weight is 288 g/mol. The van der Waals surface area contributed by atoms with Crippen molar-refractivity contribution in [2.45, 2.75) is 31.2 Å². The molecule has 0 spiro atoms. The number of alkyl halides is 3. The van der Waals surface area contributed by atoms with E-state index in [9.17, 15) is 23.1 Å². The molecule has 0 aliphatic heterocycles. The number of aliphatic hydroxyl groups excluding tert-OH is 1. The van der Waals surface area contributed by atoms with E-state index in [-0.39, 0.29) is 18.2 Å². The molecule has 1 aromatic carbocycles. The van der Waals surface area contributed by atoms with Gasteiger partial charge in [0.15, 0.2) is 0 Å². The third kappa shape index (κ3) is 4.12.